The predicted molar refractivity (Wildman–Crippen MR) is 116 cm³/mol. The van der Waals surface area contributed by atoms with E-state index >= 15 is 0 Å². The average Bonchev–Trinajstić information content (AvgIpc) is 2.85. The summed E-state index contributed by atoms with van der Waals surface area (Å²) in [6.45, 7) is 19.5. The van der Waals surface area contributed by atoms with Crippen LogP contribution in [-0.4, -0.2) is 49.2 Å². The molecule has 30 heavy (non-hydrogen) atoms. The Labute approximate surface area is 180 Å². The fourth-order valence-corrected chi connectivity index (χ4v) is 9.82. The smallest absolute Gasteiger partial charge is 0.433 e. The van der Waals surface area contributed by atoms with Gasteiger partial charge in [-0.2, -0.15) is 13.2 Å². The molecule has 1 amide bonds. The molecule has 4 nitrogen and oxygen atoms in total. The Kier molecular flexibility index (Phi) is 8.51. The average molecular weight is 450 g/mol. The summed E-state index contributed by atoms with van der Waals surface area (Å²) in [4.78, 5) is 13.3. The lowest BCUT2D eigenvalue weighted by atomic mass is 10.1. The van der Waals surface area contributed by atoms with Crippen LogP contribution in [0.4, 0.5) is 18.0 Å². The van der Waals surface area contributed by atoms with Crippen molar-refractivity contribution in [1.29, 1.82) is 0 Å². The van der Waals surface area contributed by atoms with Crippen LogP contribution in [0, 0.1) is 11.5 Å². The van der Waals surface area contributed by atoms with E-state index in [0.29, 0.717) is 21.5 Å². The van der Waals surface area contributed by atoms with E-state index in [1.807, 2.05) is 0 Å². The number of carbonyl (C=O) groups excluding carboxylic acids is 1. The predicted octanol–water partition coefficient (Wildman–Crippen LogP) is 6.51. The van der Waals surface area contributed by atoms with Crippen molar-refractivity contribution < 1.29 is 27.4 Å². The molecule has 1 rings (SSSR count). The normalized spacial score (nSPS) is 23.2. The van der Waals surface area contributed by atoms with Gasteiger partial charge in [0.15, 0.2) is 0 Å². The van der Waals surface area contributed by atoms with Gasteiger partial charge in [0.1, 0.15) is 13.7 Å². The molecule has 0 radical (unpaired) electrons. The van der Waals surface area contributed by atoms with Crippen molar-refractivity contribution in [2.45, 2.75) is 122 Å². The molecule has 0 saturated carbocycles. The third-order valence-corrected chi connectivity index (χ3v) is 12.2. The third kappa shape index (κ3) is 5.94. The molecule has 0 bridgehead atoms. The van der Waals surface area contributed by atoms with Gasteiger partial charge in [0.05, 0.1) is 12.1 Å². The molecule has 0 aromatic heterocycles. The van der Waals surface area contributed by atoms with Crippen LogP contribution >= 0.6 is 0 Å². The van der Waals surface area contributed by atoms with Crippen LogP contribution in [0.1, 0.15) is 75.7 Å². The first kappa shape index (κ1) is 26.8. The van der Waals surface area contributed by atoms with E-state index in [1.54, 1.807) is 27.7 Å². The van der Waals surface area contributed by atoms with Crippen molar-refractivity contribution in [3.05, 3.63) is 0 Å². The molecule has 1 heterocycles. The zero-order valence-corrected chi connectivity index (χ0v) is 21.0. The number of ether oxygens (including phenoxy) is 2. The Morgan fingerprint density at radius 1 is 1.07 bits per heavy atom. The third-order valence-electron chi connectivity index (χ3n) is 5.86. The molecule has 0 aliphatic carbocycles. The molecular formula is C22H38F3NO3Si. The molecule has 0 unspecified atom stereocenters. The Morgan fingerprint density at radius 3 is 1.90 bits per heavy atom. The SMILES string of the molecule is CC(C)[Si](C#CC[C@H]1[C@H](C)O[C@@H](C(F)(F)F)N1C(=O)OC(C)(C)C)(C(C)C)C(C)C. The van der Waals surface area contributed by atoms with Gasteiger partial charge >= 0.3 is 12.3 Å². The molecule has 0 N–H and O–H groups in total. The summed E-state index contributed by atoms with van der Waals surface area (Å²) < 4.78 is 51.1. The number of rotatable bonds is 4. The van der Waals surface area contributed by atoms with Crippen LogP contribution in [0.15, 0.2) is 0 Å². The highest BCUT2D eigenvalue weighted by Crippen LogP contribution is 2.41. The van der Waals surface area contributed by atoms with E-state index in [4.69, 9.17) is 9.47 Å². The molecule has 1 saturated heterocycles. The highest BCUT2D eigenvalue weighted by molar-refractivity contribution is 6.90. The quantitative estimate of drug-likeness (QED) is 0.363. The molecule has 0 aromatic rings. The van der Waals surface area contributed by atoms with Gasteiger partial charge in [-0.25, -0.2) is 4.79 Å². The first-order chi connectivity index (χ1) is 13.4. The summed E-state index contributed by atoms with van der Waals surface area (Å²) in [6.07, 6.45) is -8.74. The lowest BCUT2D eigenvalue weighted by Crippen LogP contribution is -2.50. The Bertz CT molecular complexity index is 637. The molecular weight excluding hydrogens is 411 g/mol. The van der Waals surface area contributed by atoms with Gasteiger partial charge in [0.25, 0.3) is 0 Å². The molecule has 1 aliphatic heterocycles. The molecule has 0 aromatic carbocycles. The number of hydrogen-bond acceptors (Lipinski definition) is 3. The number of halogens is 3. The molecule has 8 heteroatoms. The summed E-state index contributed by atoms with van der Waals surface area (Å²) in [6, 6.07) is -0.822. The maximum atomic E-state index is 13.6. The van der Waals surface area contributed by atoms with Crippen molar-refractivity contribution in [3.8, 4) is 11.5 Å². The lowest BCUT2D eigenvalue weighted by molar-refractivity contribution is -0.241. The second-order valence-electron chi connectivity index (χ2n) is 10.1. The standard InChI is InChI=1S/C22H38F3NO3Si/c1-14(2)30(15(3)4,16(5)6)13-11-12-18-17(7)28-19(22(23,24)25)26(18)20(27)29-21(8,9)10/h14-19H,12H2,1-10H3/t17-,18-,19-/m0/s1. The van der Waals surface area contributed by atoms with Gasteiger partial charge in [0.2, 0.25) is 6.23 Å². The molecule has 1 fully saturated rings. The van der Waals surface area contributed by atoms with E-state index in [9.17, 15) is 18.0 Å². The van der Waals surface area contributed by atoms with Gasteiger partial charge in [-0.15, -0.1) is 11.5 Å². The monoisotopic (exact) mass is 449 g/mol. The second-order valence-corrected chi connectivity index (χ2v) is 15.7. The van der Waals surface area contributed by atoms with Crippen molar-refractivity contribution in [3.63, 3.8) is 0 Å². The highest BCUT2D eigenvalue weighted by Gasteiger charge is 2.56. The maximum absolute atomic E-state index is 13.6. The largest absolute Gasteiger partial charge is 0.444 e. The Balaban J connectivity index is 3.28. The Hall–Kier alpha value is -1.20. The van der Waals surface area contributed by atoms with Crippen molar-refractivity contribution in [2.75, 3.05) is 0 Å². The van der Waals surface area contributed by atoms with E-state index in [0.717, 1.165) is 0 Å². The number of hydrogen-bond donors (Lipinski definition) is 0. The van der Waals surface area contributed by atoms with Crippen LogP contribution in [0.2, 0.25) is 16.6 Å². The van der Waals surface area contributed by atoms with Gasteiger partial charge in [0, 0.05) is 6.42 Å². The van der Waals surface area contributed by atoms with Crippen LogP contribution in [0.25, 0.3) is 0 Å². The Morgan fingerprint density at radius 2 is 1.53 bits per heavy atom. The van der Waals surface area contributed by atoms with E-state index in [2.05, 4.69) is 53.0 Å². The lowest BCUT2D eigenvalue weighted by Gasteiger charge is -2.38. The van der Waals surface area contributed by atoms with E-state index in [1.165, 1.54) is 0 Å². The van der Waals surface area contributed by atoms with Gasteiger partial charge < -0.3 is 9.47 Å². The molecule has 174 valence electrons. The van der Waals surface area contributed by atoms with Crippen molar-refractivity contribution in [2.24, 2.45) is 0 Å². The minimum atomic E-state index is -4.71. The van der Waals surface area contributed by atoms with Crippen LogP contribution in [0.5, 0.6) is 0 Å². The minimum Gasteiger partial charge on any atom is -0.444 e. The fraction of sp³-hybridized carbons (Fsp3) is 0.864. The highest BCUT2D eigenvalue weighted by atomic mass is 28.3. The van der Waals surface area contributed by atoms with Crippen LogP contribution in [0.3, 0.4) is 0 Å². The van der Waals surface area contributed by atoms with Gasteiger partial charge in [-0.1, -0.05) is 41.5 Å². The summed E-state index contributed by atoms with van der Waals surface area (Å²) in [5.74, 6) is 3.18. The number of nitrogens with zero attached hydrogens (tertiary/aromatic N) is 1. The van der Waals surface area contributed by atoms with E-state index < -0.39 is 44.3 Å². The summed E-state index contributed by atoms with van der Waals surface area (Å²) in [7, 11) is -2.02. The van der Waals surface area contributed by atoms with Crippen LogP contribution < -0.4 is 0 Å². The van der Waals surface area contributed by atoms with Crippen molar-refractivity contribution in [1.82, 2.24) is 4.90 Å². The van der Waals surface area contributed by atoms with E-state index in [-0.39, 0.29) is 6.42 Å². The first-order valence-corrected chi connectivity index (χ1v) is 12.9. The summed E-state index contributed by atoms with van der Waals surface area (Å²) in [5.41, 5.74) is 3.83. The zero-order chi connectivity index (χ0) is 23.7. The number of amides is 1. The summed E-state index contributed by atoms with van der Waals surface area (Å²) in [5, 5.41) is 0. The van der Waals surface area contributed by atoms with Gasteiger partial charge in [-0.3, -0.25) is 4.90 Å². The molecule has 1 aliphatic rings. The molecule has 0 spiro atoms. The topological polar surface area (TPSA) is 38.8 Å². The maximum Gasteiger partial charge on any atom is 0.433 e. The van der Waals surface area contributed by atoms with Gasteiger partial charge in [-0.05, 0) is 44.3 Å². The fourth-order valence-electron chi connectivity index (χ4n) is 4.55. The molecule has 3 atom stereocenters. The zero-order valence-electron chi connectivity index (χ0n) is 20.0. The van der Waals surface area contributed by atoms with Crippen molar-refractivity contribution >= 4 is 14.2 Å². The summed E-state index contributed by atoms with van der Waals surface area (Å²) >= 11 is 0. The number of alkyl halides is 3. The first-order valence-electron chi connectivity index (χ1n) is 10.7. The minimum absolute atomic E-state index is 0.119. The van der Waals surface area contributed by atoms with Crippen LogP contribution in [-0.2, 0) is 9.47 Å². The second kappa shape index (κ2) is 9.52. The number of carbonyl (C=O) groups is 1.